The molecule has 12 heteroatoms. The van der Waals surface area contributed by atoms with E-state index < -0.39 is 40.1 Å². The quantitative estimate of drug-likeness (QED) is 0.180. The van der Waals surface area contributed by atoms with Gasteiger partial charge < -0.3 is 15.2 Å². The molecule has 0 saturated carbocycles. The third-order valence-corrected chi connectivity index (χ3v) is 8.87. The Balaban J connectivity index is 1.56. The topological polar surface area (TPSA) is 166 Å². The molecular weight excluding hydrogens is 560 g/mol. The molecular formula is C30H36N4O7S. The minimum absolute atomic E-state index is 0.00549. The number of nitrogens with zero attached hydrogens (tertiary/aromatic N) is 3. The number of ether oxygens (including phenoxy) is 1. The van der Waals surface area contributed by atoms with Crippen LogP contribution in [0.3, 0.4) is 0 Å². The number of ketones is 1. The first kappa shape index (κ1) is 32.6. The third kappa shape index (κ3) is 9.04. The minimum Gasteiger partial charge on any atom is -0.480 e. The molecule has 42 heavy (non-hydrogen) atoms. The van der Waals surface area contributed by atoms with Crippen LogP contribution in [0.1, 0.15) is 57.1 Å². The molecule has 1 aliphatic heterocycles. The summed E-state index contributed by atoms with van der Waals surface area (Å²) < 4.78 is 32.7. The van der Waals surface area contributed by atoms with E-state index in [1.165, 1.54) is 12.1 Å². The Morgan fingerprint density at radius 1 is 1.07 bits per heavy atom. The SMILES string of the molecule is CC(CCCCCC(=O)Cc1ccc(C[C@H](NC(=O)[C@@H]2C(C)OCN2S(=O)(=O)c2ccccc2)C(=O)O)cc1)=NC#N. The number of nitrogens with one attached hydrogen (secondary N) is 1. The zero-order valence-electron chi connectivity index (χ0n) is 23.7. The van der Waals surface area contributed by atoms with Gasteiger partial charge in [0.2, 0.25) is 22.1 Å². The predicted molar refractivity (Wildman–Crippen MR) is 155 cm³/mol. The van der Waals surface area contributed by atoms with Gasteiger partial charge in [-0.05, 0) is 56.4 Å². The second kappa shape index (κ2) is 15.3. The van der Waals surface area contributed by atoms with Crippen LogP contribution in [0, 0.1) is 11.5 Å². The number of Topliss-reactive ketones (excluding diaryl/α,β-unsaturated/α-hetero) is 1. The molecule has 0 radical (unpaired) electrons. The number of benzene rings is 2. The van der Waals surface area contributed by atoms with Crippen LogP contribution in [0.25, 0.3) is 0 Å². The van der Waals surface area contributed by atoms with E-state index in [1.807, 2.05) is 6.92 Å². The van der Waals surface area contributed by atoms with Crippen LogP contribution in [0.5, 0.6) is 0 Å². The third-order valence-electron chi connectivity index (χ3n) is 7.05. The normalized spacial score (nSPS) is 18.3. The molecule has 0 aromatic heterocycles. The molecule has 0 aliphatic carbocycles. The number of carbonyl (C=O) groups is 3. The van der Waals surface area contributed by atoms with Crippen LogP contribution < -0.4 is 5.32 Å². The number of rotatable bonds is 15. The summed E-state index contributed by atoms with van der Waals surface area (Å²) in [4.78, 5) is 41.3. The lowest BCUT2D eigenvalue weighted by atomic mass is 10.00. The van der Waals surface area contributed by atoms with Gasteiger partial charge in [-0.1, -0.05) is 48.9 Å². The molecule has 1 saturated heterocycles. The van der Waals surface area contributed by atoms with E-state index in [1.54, 1.807) is 55.6 Å². The van der Waals surface area contributed by atoms with Crippen molar-refractivity contribution in [3.05, 3.63) is 65.7 Å². The van der Waals surface area contributed by atoms with Crippen molar-refractivity contribution in [1.29, 1.82) is 5.26 Å². The Kier molecular flexibility index (Phi) is 11.9. The highest BCUT2D eigenvalue weighted by atomic mass is 32.2. The van der Waals surface area contributed by atoms with Crippen molar-refractivity contribution in [2.45, 2.75) is 81.9 Å². The van der Waals surface area contributed by atoms with Crippen molar-refractivity contribution in [2.24, 2.45) is 4.99 Å². The van der Waals surface area contributed by atoms with E-state index in [0.717, 1.165) is 41.3 Å². The predicted octanol–water partition coefficient (Wildman–Crippen LogP) is 3.24. The number of sulfonamides is 1. The van der Waals surface area contributed by atoms with Gasteiger partial charge in [-0.25, -0.2) is 13.2 Å². The van der Waals surface area contributed by atoms with E-state index in [0.29, 0.717) is 12.0 Å². The van der Waals surface area contributed by atoms with Crippen LogP contribution in [-0.4, -0.2) is 66.1 Å². The van der Waals surface area contributed by atoms with Crippen molar-refractivity contribution in [3.63, 3.8) is 0 Å². The van der Waals surface area contributed by atoms with Crippen LogP contribution in [0.4, 0.5) is 0 Å². The average molecular weight is 597 g/mol. The summed E-state index contributed by atoms with van der Waals surface area (Å²) in [5, 5.41) is 20.8. The molecule has 1 amide bonds. The standard InChI is InChI=1S/C30H36N4O7S/c1-21(32-19-31)9-5-3-6-10-25(35)17-23-13-15-24(16-14-23)18-27(30(37)38)33-29(36)28-22(2)41-20-34(28)42(39,40)26-11-7-4-8-12-26/h4,7-8,11-16,22,27-28H,3,5-6,9-10,17-18,20H2,1-2H3,(H,33,36)(H,37,38)/t22?,27-,28-/m0/s1. The Morgan fingerprint density at radius 2 is 1.71 bits per heavy atom. The molecule has 2 N–H and O–H groups in total. The largest absolute Gasteiger partial charge is 0.480 e. The molecule has 1 fully saturated rings. The first-order valence-corrected chi connectivity index (χ1v) is 15.2. The van der Waals surface area contributed by atoms with Gasteiger partial charge in [0.05, 0.1) is 11.0 Å². The summed E-state index contributed by atoms with van der Waals surface area (Å²) in [6.07, 6.45) is 4.89. The van der Waals surface area contributed by atoms with Gasteiger partial charge in [0.1, 0.15) is 24.6 Å². The summed E-state index contributed by atoms with van der Waals surface area (Å²) in [6, 6.07) is 12.1. The second-order valence-electron chi connectivity index (χ2n) is 10.3. The van der Waals surface area contributed by atoms with E-state index >= 15 is 0 Å². The monoisotopic (exact) mass is 596 g/mol. The zero-order chi connectivity index (χ0) is 30.7. The fourth-order valence-corrected chi connectivity index (χ4v) is 6.25. The Morgan fingerprint density at radius 3 is 2.36 bits per heavy atom. The van der Waals surface area contributed by atoms with E-state index in [-0.39, 0.29) is 30.3 Å². The van der Waals surface area contributed by atoms with Crippen molar-refractivity contribution in [3.8, 4) is 6.19 Å². The van der Waals surface area contributed by atoms with Gasteiger partial charge in [-0.2, -0.15) is 14.6 Å². The summed E-state index contributed by atoms with van der Waals surface area (Å²) in [5.74, 6) is -1.92. The Hall–Kier alpha value is -3.92. The number of unbranched alkanes of at least 4 members (excludes halogenated alkanes) is 2. The van der Waals surface area contributed by atoms with E-state index in [9.17, 15) is 27.9 Å². The van der Waals surface area contributed by atoms with Gasteiger partial charge in [0.15, 0.2) is 0 Å². The lowest BCUT2D eigenvalue weighted by Gasteiger charge is -2.25. The summed E-state index contributed by atoms with van der Waals surface area (Å²) >= 11 is 0. The van der Waals surface area contributed by atoms with Crippen molar-refractivity contribution >= 4 is 33.4 Å². The number of carbonyl (C=O) groups excluding carboxylic acids is 2. The molecule has 0 spiro atoms. The number of hydrogen-bond donors (Lipinski definition) is 2. The molecule has 1 unspecified atom stereocenters. The van der Waals surface area contributed by atoms with Crippen molar-refractivity contribution in [1.82, 2.24) is 9.62 Å². The molecule has 11 nitrogen and oxygen atoms in total. The Bertz CT molecular complexity index is 1420. The van der Waals surface area contributed by atoms with Crippen molar-refractivity contribution in [2.75, 3.05) is 6.73 Å². The van der Waals surface area contributed by atoms with Gasteiger partial charge in [0, 0.05) is 25.0 Å². The van der Waals surface area contributed by atoms with Gasteiger partial charge in [-0.15, -0.1) is 0 Å². The smallest absolute Gasteiger partial charge is 0.326 e. The Labute approximate surface area is 246 Å². The second-order valence-corrected chi connectivity index (χ2v) is 12.2. The maximum Gasteiger partial charge on any atom is 0.326 e. The first-order valence-electron chi connectivity index (χ1n) is 13.8. The lowest BCUT2D eigenvalue weighted by molar-refractivity contribution is -0.142. The van der Waals surface area contributed by atoms with Crippen molar-refractivity contribution < 1.29 is 32.6 Å². The van der Waals surface area contributed by atoms with E-state index in [2.05, 4.69) is 10.3 Å². The molecule has 1 heterocycles. The molecule has 2 aromatic rings. The molecule has 1 aliphatic rings. The summed E-state index contributed by atoms with van der Waals surface area (Å²) in [5.41, 5.74) is 2.22. The van der Waals surface area contributed by atoms with Crippen LogP contribution in [0.15, 0.2) is 64.5 Å². The summed E-state index contributed by atoms with van der Waals surface area (Å²) in [7, 11) is -4.05. The van der Waals surface area contributed by atoms with Crippen LogP contribution in [-0.2, 0) is 42.0 Å². The number of aliphatic carboxylic acids is 1. The molecule has 3 atom stereocenters. The fourth-order valence-electron chi connectivity index (χ4n) is 4.71. The number of nitriles is 1. The maximum absolute atomic E-state index is 13.2. The highest BCUT2D eigenvalue weighted by molar-refractivity contribution is 7.89. The minimum atomic E-state index is -4.05. The number of amides is 1. The van der Waals surface area contributed by atoms with Gasteiger partial charge in [0.25, 0.3) is 0 Å². The molecule has 2 aromatic carbocycles. The lowest BCUT2D eigenvalue weighted by Crippen LogP contribution is -2.54. The summed E-state index contributed by atoms with van der Waals surface area (Å²) in [6.45, 7) is 3.04. The van der Waals surface area contributed by atoms with Crippen LogP contribution >= 0.6 is 0 Å². The molecule has 224 valence electrons. The molecule has 3 rings (SSSR count). The fraction of sp³-hybridized carbons (Fsp3) is 0.433. The van der Waals surface area contributed by atoms with Gasteiger partial charge >= 0.3 is 5.97 Å². The molecule has 0 bridgehead atoms. The number of carboxylic acid groups (broad SMARTS) is 1. The average Bonchev–Trinajstić information content (AvgIpc) is 3.36. The maximum atomic E-state index is 13.2. The highest BCUT2D eigenvalue weighted by Crippen LogP contribution is 2.26. The first-order chi connectivity index (χ1) is 20.0. The zero-order valence-corrected chi connectivity index (χ0v) is 24.5. The van der Waals surface area contributed by atoms with Crippen LogP contribution in [0.2, 0.25) is 0 Å². The number of carboxylic acids is 1. The number of hydrogen-bond acceptors (Lipinski definition) is 8. The number of aliphatic imine (C=N–C) groups is 1. The van der Waals surface area contributed by atoms with Gasteiger partial charge in [-0.3, -0.25) is 9.59 Å². The van der Waals surface area contributed by atoms with E-state index in [4.69, 9.17) is 10.00 Å². The highest BCUT2D eigenvalue weighted by Gasteiger charge is 2.45.